The van der Waals surface area contributed by atoms with Crippen LogP contribution in [0.25, 0.3) is 0 Å². The third kappa shape index (κ3) is 4.76. The molecule has 0 aliphatic rings. The molecule has 0 aliphatic carbocycles. The number of nitrogens with one attached hydrogen (secondary N) is 1. The highest BCUT2D eigenvalue weighted by Crippen LogP contribution is 2.11. The molecule has 0 spiro atoms. The summed E-state index contributed by atoms with van der Waals surface area (Å²) in [5.74, 6) is -1.20. The van der Waals surface area contributed by atoms with Crippen molar-refractivity contribution >= 4 is 27.6 Å². The Hall–Kier alpha value is -1.20. The zero-order valence-corrected chi connectivity index (χ0v) is 12.6. The molecule has 0 fully saturated rings. The molecule has 2 unspecified atom stereocenters. The Kier molecular flexibility index (Phi) is 6.18. The van der Waals surface area contributed by atoms with E-state index in [9.17, 15) is 14.7 Å². The molecule has 0 heterocycles. The van der Waals surface area contributed by atoms with Crippen LogP contribution < -0.4 is 5.32 Å². The number of aliphatic hydroxyl groups excluding tert-OH is 1. The smallest absolute Gasteiger partial charge is 0.292 e. The van der Waals surface area contributed by atoms with Gasteiger partial charge >= 0.3 is 0 Å². The van der Waals surface area contributed by atoms with Crippen LogP contribution in [0.2, 0.25) is 0 Å². The summed E-state index contributed by atoms with van der Waals surface area (Å²) >= 11 is 3.26. The van der Waals surface area contributed by atoms with Gasteiger partial charge in [-0.3, -0.25) is 9.59 Å². The number of ketones is 1. The quantitative estimate of drug-likeness (QED) is 0.621. The van der Waals surface area contributed by atoms with Gasteiger partial charge in [0, 0.05) is 16.6 Å². The van der Waals surface area contributed by atoms with Crippen molar-refractivity contribution in [1.29, 1.82) is 0 Å². The Bertz CT molecular complexity index is 445. The third-order valence-electron chi connectivity index (χ3n) is 3.09. The second kappa shape index (κ2) is 7.40. The fourth-order valence-electron chi connectivity index (χ4n) is 1.48. The van der Waals surface area contributed by atoms with Crippen LogP contribution in [0.5, 0.6) is 0 Å². The first-order chi connectivity index (χ1) is 8.95. The van der Waals surface area contributed by atoms with Gasteiger partial charge in [0.15, 0.2) is 0 Å². The molecule has 1 aromatic rings. The van der Waals surface area contributed by atoms with Crippen LogP contribution in [0, 0.1) is 5.92 Å². The first-order valence-corrected chi connectivity index (χ1v) is 7.01. The number of hydrogen-bond acceptors (Lipinski definition) is 3. The molecule has 0 saturated carbocycles. The van der Waals surface area contributed by atoms with Gasteiger partial charge in [0.1, 0.15) is 0 Å². The fraction of sp³-hybridized carbons (Fsp3) is 0.429. The maximum Gasteiger partial charge on any atom is 0.292 e. The van der Waals surface area contributed by atoms with Gasteiger partial charge < -0.3 is 10.4 Å². The summed E-state index contributed by atoms with van der Waals surface area (Å²) in [7, 11) is 0. The molecule has 0 aliphatic heterocycles. The Morgan fingerprint density at radius 3 is 2.42 bits per heavy atom. The highest BCUT2D eigenvalue weighted by Gasteiger charge is 2.18. The van der Waals surface area contributed by atoms with Crippen molar-refractivity contribution < 1.29 is 14.7 Å². The number of benzene rings is 1. The van der Waals surface area contributed by atoms with Gasteiger partial charge in [0.25, 0.3) is 5.91 Å². The number of hydrogen-bond donors (Lipinski definition) is 2. The molecule has 2 atom stereocenters. The molecule has 1 aromatic carbocycles. The SMILES string of the molecule is CCC(C)C(O)CNC(=O)C(=O)c1ccc(Br)cc1. The second-order valence-electron chi connectivity index (χ2n) is 4.50. The third-order valence-corrected chi connectivity index (χ3v) is 3.61. The van der Waals surface area contributed by atoms with Gasteiger partial charge in [-0.05, 0) is 30.2 Å². The minimum absolute atomic E-state index is 0.0862. The summed E-state index contributed by atoms with van der Waals surface area (Å²) in [6.45, 7) is 3.95. The number of Topliss-reactive ketones (excluding diaryl/α,β-unsaturated/α-hetero) is 1. The number of rotatable bonds is 6. The second-order valence-corrected chi connectivity index (χ2v) is 5.41. The summed E-state index contributed by atoms with van der Waals surface area (Å²) in [6.07, 6.45) is 0.184. The van der Waals surface area contributed by atoms with E-state index in [2.05, 4.69) is 21.2 Å². The van der Waals surface area contributed by atoms with Crippen LogP contribution in [0.15, 0.2) is 28.7 Å². The lowest BCUT2D eigenvalue weighted by Gasteiger charge is -2.17. The van der Waals surface area contributed by atoms with E-state index in [0.29, 0.717) is 5.56 Å². The standard InChI is InChI=1S/C14H18BrNO3/c1-3-9(2)12(17)8-16-14(19)13(18)10-4-6-11(15)7-5-10/h4-7,9,12,17H,3,8H2,1-2H3,(H,16,19). The van der Waals surface area contributed by atoms with Crippen molar-refractivity contribution in [2.24, 2.45) is 5.92 Å². The minimum atomic E-state index is -0.690. The van der Waals surface area contributed by atoms with Crippen molar-refractivity contribution in [1.82, 2.24) is 5.32 Å². The Labute approximate surface area is 121 Å². The van der Waals surface area contributed by atoms with Crippen molar-refractivity contribution in [2.75, 3.05) is 6.54 Å². The zero-order valence-electron chi connectivity index (χ0n) is 11.0. The molecule has 4 nitrogen and oxygen atoms in total. The highest BCUT2D eigenvalue weighted by molar-refractivity contribution is 9.10. The van der Waals surface area contributed by atoms with Crippen LogP contribution >= 0.6 is 15.9 Å². The molecule has 2 N–H and O–H groups in total. The molecule has 5 heteroatoms. The van der Waals surface area contributed by atoms with E-state index in [0.717, 1.165) is 10.9 Å². The number of halogens is 1. The normalized spacial score (nSPS) is 13.7. The molecule has 0 bridgehead atoms. The van der Waals surface area contributed by atoms with Crippen LogP contribution in [0.3, 0.4) is 0 Å². The van der Waals surface area contributed by atoms with E-state index >= 15 is 0 Å². The van der Waals surface area contributed by atoms with Crippen molar-refractivity contribution in [3.8, 4) is 0 Å². The Balaban J connectivity index is 2.54. The average molecular weight is 328 g/mol. The average Bonchev–Trinajstić information content (AvgIpc) is 2.43. The fourth-order valence-corrected chi connectivity index (χ4v) is 1.75. The summed E-state index contributed by atoms with van der Waals surface area (Å²) in [4.78, 5) is 23.5. The van der Waals surface area contributed by atoms with E-state index in [4.69, 9.17) is 0 Å². The zero-order chi connectivity index (χ0) is 14.4. The molecular formula is C14H18BrNO3. The highest BCUT2D eigenvalue weighted by atomic mass is 79.9. The lowest BCUT2D eigenvalue weighted by Crippen LogP contribution is -2.38. The number of amides is 1. The molecule has 1 amide bonds. The van der Waals surface area contributed by atoms with Crippen molar-refractivity contribution in [3.05, 3.63) is 34.3 Å². The lowest BCUT2D eigenvalue weighted by atomic mass is 10.0. The summed E-state index contributed by atoms with van der Waals surface area (Å²) in [5.41, 5.74) is 0.332. The van der Waals surface area contributed by atoms with Crippen LogP contribution in [-0.2, 0) is 4.79 Å². The first-order valence-electron chi connectivity index (χ1n) is 6.21. The topological polar surface area (TPSA) is 66.4 Å². The van der Waals surface area contributed by atoms with Crippen molar-refractivity contribution in [2.45, 2.75) is 26.4 Å². The van der Waals surface area contributed by atoms with Gasteiger partial charge in [-0.25, -0.2) is 0 Å². The largest absolute Gasteiger partial charge is 0.391 e. The summed E-state index contributed by atoms with van der Waals surface area (Å²) < 4.78 is 0.844. The Morgan fingerprint density at radius 1 is 1.32 bits per heavy atom. The van der Waals surface area contributed by atoms with Gasteiger partial charge in [-0.2, -0.15) is 0 Å². The van der Waals surface area contributed by atoms with E-state index in [1.54, 1.807) is 24.3 Å². The maximum absolute atomic E-state index is 11.8. The van der Waals surface area contributed by atoms with Gasteiger partial charge in [0.2, 0.25) is 5.78 Å². The molecule has 0 aromatic heterocycles. The maximum atomic E-state index is 11.8. The van der Waals surface area contributed by atoms with Crippen LogP contribution in [0.1, 0.15) is 30.6 Å². The van der Waals surface area contributed by atoms with Crippen LogP contribution in [0.4, 0.5) is 0 Å². The monoisotopic (exact) mass is 327 g/mol. The summed E-state index contributed by atoms with van der Waals surface area (Å²) in [5, 5.41) is 12.2. The Morgan fingerprint density at radius 2 is 1.89 bits per heavy atom. The lowest BCUT2D eigenvalue weighted by molar-refractivity contribution is -0.117. The van der Waals surface area contributed by atoms with E-state index in [-0.39, 0.29) is 12.5 Å². The minimum Gasteiger partial charge on any atom is -0.391 e. The molecule has 19 heavy (non-hydrogen) atoms. The van der Waals surface area contributed by atoms with Gasteiger partial charge in [-0.1, -0.05) is 36.2 Å². The summed E-state index contributed by atoms with van der Waals surface area (Å²) in [6, 6.07) is 6.57. The molecule has 1 rings (SSSR count). The first kappa shape index (κ1) is 15.9. The number of carbonyl (C=O) groups is 2. The van der Waals surface area contributed by atoms with Gasteiger partial charge in [0.05, 0.1) is 6.10 Å². The van der Waals surface area contributed by atoms with E-state index < -0.39 is 17.8 Å². The predicted molar refractivity (Wildman–Crippen MR) is 76.9 cm³/mol. The number of carbonyl (C=O) groups excluding carboxylic acids is 2. The van der Waals surface area contributed by atoms with E-state index in [1.807, 2.05) is 13.8 Å². The molecule has 0 saturated heterocycles. The molecule has 104 valence electrons. The van der Waals surface area contributed by atoms with Crippen molar-refractivity contribution in [3.63, 3.8) is 0 Å². The molecular weight excluding hydrogens is 310 g/mol. The molecule has 0 radical (unpaired) electrons. The van der Waals surface area contributed by atoms with Crippen LogP contribution in [-0.4, -0.2) is 29.4 Å². The predicted octanol–water partition coefficient (Wildman–Crippen LogP) is 2.16. The van der Waals surface area contributed by atoms with Gasteiger partial charge in [-0.15, -0.1) is 0 Å². The number of aliphatic hydroxyl groups is 1. The van der Waals surface area contributed by atoms with E-state index in [1.165, 1.54) is 0 Å².